The van der Waals surface area contributed by atoms with Crippen LogP contribution in [0.2, 0.25) is 0 Å². The first-order chi connectivity index (χ1) is 23.1. The van der Waals surface area contributed by atoms with E-state index in [0.717, 1.165) is 22.8 Å². The number of benzene rings is 3. The van der Waals surface area contributed by atoms with Crippen LogP contribution in [-0.4, -0.2) is 46.0 Å². The first kappa shape index (κ1) is 35.2. The molecular weight excluding hydrogens is 639 g/mol. The fourth-order valence-corrected chi connectivity index (χ4v) is 6.40. The fraction of sp³-hybridized carbons (Fsp3) is 0.351. The molecule has 0 bridgehead atoms. The molecule has 2 heterocycles. The Morgan fingerprint density at radius 2 is 1.71 bits per heavy atom. The average Bonchev–Trinajstić information content (AvgIpc) is 3.46. The largest absolute Gasteiger partial charge is 0.447 e. The molecule has 12 heteroatoms. The molecule has 9 nitrogen and oxygen atoms in total. The summed E-state index contributed by atoms with van der Waals surface area (Å²) in [7, 11) is 0. The molecule has 2 saturated heterocycles. The van der Waals surface area contributed by atoms with Crippen molar-refractivity contribution in [2.24, 2.45) is 11.3 Å². The lowest BCUT2D eigenvalue weighted by Crippen LogP contribution is -2.74. The van der Waals surface area contributed by atoms with Crippen molar-refractivity contribution in [1.29, 1.82) is 0 Å². The minimum atomic E-state index is -4.53. The van der Waals surface area contributed by atoms with E-state index >= 15 is 0 Å². The van der Waals surface area contributed by atoms with Crippen molar-refractivity contribution in [2.45, 2.75) is 64.5 Å². The summed E-state index contributed by atoms with van der Waals surface area (Å²) in [5, 5.41) is 3.53. The molecule has 2 aliphatic heterocycles. The zero-order valence-electron chi connectivity index (χ0n) is 27.6. The van der Waals surface area contributed by atoms with Crippen LogP contribution < -0.4 is 5.32 Å². The number of carbonyl (C=O) groups excluding carboxylic acids is 4. The van der Waals surface area contributed by atoms with Gasteiger partial charge < -0.3 is 14.9 Å². The van der Waals surface area contributed by atoms with E-state index in [4.69, 9.17) is 9.57 Å². The molecule has 2 fully saturated rings. The summed E-state index contributed by atoms with van der Waals surface area (Å²) in [6.45, 7) is 10.5. The number of cyclic esters (lactones) is 1. The molecular formula is C37H38F3N3O6. The van der Waals surface area contributed by atoms with E-state index in [2.05, 4.69) is 11.9 Å². The first-order valence-electron chi connectivity index (χ1n) is 15.8. The topological polar surface area (TPSA) is 105 Å². The Labute approximate surface area is 282 Å². The molecule has 1 unspecified atom stereocenters. The summed E-state index contributed by atoms with van der Waals surface area (Å²) in [6.07, 6.45) is -3.99. The smallest absolute Gasteiger partial charge is 0.416 e. The van der Waals surface area contributed by atoms with Gasteiger partial charge in [0.15, 0.2) is 5.54 Å². The molecule has 2 aliphatic rings. The predicted octanol–water partition coefficient (Wildman–Crippen LogP) is 7.01. The second-order valence-electron chi connectivity index (χ2n) is 13.4. The van der Waals surface area contributed by atoms with Gasteiger partial charge in [-0.25, -0.2) is 9.59 Å². The van der Waals surface area contributed by atoms with Crippen molar-refractivity contribution in [3.05, 3.63) is 113 Å². The lowest BCUT2D eigenvalue weighted by Gasteiger charge is -2.56. The molecule has 3 amide bonds. The van der Waals surface area contributed by atoms with Crippen molar-refractivity contribution in [1.82, 2.24) is 15.3 Å². The number of nitrogens with one attached hydrogen (secondary N) is 1. The summed E-state index contributed by atoms with van der Waals surface area (Å²) >= 11 is 0. The highest BCUT2D eigenvalue weighted by atomic mass is 19.4. The van der Waals surface area contributed by atoms with Crippen LogP contribution in [0, 0.1) is 11.3 Å². The average molecular weight is 678 g/mol. The van der Waals surface area contributed by atoms with Gasteiger partial charge in [0.2, 0.25) is 5.91 Å². The van der Waals surface area contributed by atoms with E-state index in [9.17, 15) is 32.3 Å². The monoisotopic (exact) mass is 677 g/mol. The summed E-state index contributed by atoms with van der Waals surface area (Å²) in [5.74, 6) is -3.17. The van der Waals surface area contributed by atoms with E-state index in [0.29, 0.717) is 11.1 Å². The van der Waals surface area contributed by atoms with E-state index < -0.39 is 64.6 Å². The Balaban J connectivity index is 1.40. The van der Waals surface area contributed by atoms with Crippen molar-refractivity contribution in [2.75, 3.05) is 6.61 Å². The van der Waals surface area contributed by atoms with E-state index in [1.807, 2.05) is 30.3 Å². The fourth-order valence-electron chi connectivity index (χ4n) is 6.40. The molecule has 3 aromatic rings. The molecule has 4 atom stereocenters. The molecule has 1 N–H and O–H groups in total. The van der Waals surface area contributed by atoms with Crippen molar-refractivity contribution < 1.29 is 41.9 Å². The van der Waals surface area contributed by atoms with Crippen LogP contribution in [0.4, 0.5) is 18.0 Å². The number of β-lactam (4-membered cyclic amide) rings is 1. The Hall–Kier alpha value is -5.13. The Bertz CT molecular complexity index is 1760. The molecule has 49 heavy (non-hydrogen) atoms. The van der Waals surface area contributed by atoms with Gasteiger partial charge in [-0.05, 0) is 46.7 Å². The maximum absolute atomic E-state index is 14.2. The molecule has 5 rings (SSSR count). The number of alkyl halides is 3. The number of amides is 3. The van der Waals surface area contributed by atoms with Crippen LogP contribution in [0.1, 0.15) is 74.0 Å². The van der Waals surface area contributed by atoms with Crippen LogP contribution in [-0.2, 0) is 36.7 Å². The number of hydrogen-bond donors (Lipinski definition) is 1. The van der Waals surface area contributed by atoms with Crippen LogP contribution in [0.25, 0.3) is 6.08 Å². The Morgan fingerprint density at radius 3 is 2.37 bits per heavy atom. The summed E-state index contributed by atoms with van der Waals surface area (Å²) in [5.41, 5.74) is -0.978. The Kier molecular flexibility index (Phi) is 9.63. The number of rotatable bonds is 10. The van der Waals surface area contributed by atoms with Crippen LogP contribution in [0.15, 0.2) is 85.4 Å². The van der Waals surface area contributed by atoms with Crippen molar-refractivity contribution in [3.8, 4) is 0 Å². The second-order valence-corrected chi connectivity index (χ2v) is 13.4. The minimum absolute atomic E-state index is 0.0169. The number of hydroxylamine groups is 2. The van der Waals surface area contributed by atoms with Crippen molar-refractivity contribution >= 4 is 30.0 Å². The number of nitrogens with zero attached hydrogens (tertiary/aromatic N) is 2. The SMILES string of the molecule is C=Cc1ccccc1[C@H]1N(OC(=O)C(CC(=O)NCc2cccc(C(F)(F)F)c2)C(C)(C)C)C(=O)[C@@]1(C)N1C(=O)OC[C@@H]1c1ccccc1. The van der Waals surface area contributed by atoms with Gasteiger partial charge in [0.05, 0.1) is 17.5 Å². The summed E-state index contributed by atoms with van der Waals surface area (Å²) < 4.78 is 44.9. The van der Waals surface area contributed by atoms with E-state index in [1.54, 1.807) is 58.0 Å². The zero-order valence-corrected chi connectivity index (χ0v) is 27.6. The highest BCUT2D eigenvalue weighted by Gasteiger charge is 2.68. The van der Waals surface area contributed by atoms with Gasteiger partial charge in [0.25, 0.3) is 5.91 Å². The number of hydrogen-bond acceptors (Lipinski definition) is 6. The lowest BCUT2D eigenvalue weighted by atomic mass is 9.74. The summed E-state index contributed by atoms with van der Waals surface area (Å²) in [4.78, 5) is 61.6. The third kappa shape index (κ3) is 6.90. The van der Waals surface area contributed by atoms with E-state index in [-0.39, 0.29) is 25.1 Å². The van der Waals surface area contributed by atoms with Crippen LogP contribution in [0.3, 0.4) is 0 Å². The minimum Gasteiger partial charge on any atom is -0.447 e. The standard InChI is InChI=1S/C37H38F3N3O6/c1-6-24-14-10-11-18-27(24)31-36(5,42-29(22-48-34(42)47)25-15-8-7-9-16-25)33(46)43(31)49-32(45)28(35(2,3)4)20-30(44)41-21-23-13-12-17-26(19-23)37(38,39)40/h6-19,28-29,31H,1,20-22H2,2-5H3,(H,41,44)/t28?,29-,31-,36+/m1/s1. The maximum atomic E-state index is 14.2. The number of ether oxygens (including phenoxy) is 1. The van der Waals surface area contributed by atoms with Crippen LogP contribution in [0.5, 0.6) is 0 Å². The highest BCUT2D eigenvalue weighted by molar-refractivity contribution is 5.98. The van der Waals surface area contributed by atoms with Gasteiger partial charge in [-0.2, -0.15) is 18.2 Å². The quantitative estimate of drug-likeness (QED) is 0.232. The molecule has 3 aromatic carbocycles. The predicted molar refractivity (Wildman–Crippen MR) is 174 cm³/mol. The molecule has 0 aliphatic carbocycles. The molecule has 0 aromatic heterocycles. The van der Waals surface area contributed by atoms with Gasteiger partial charge in [-0.15, -0.1) is 0 Å². The lowest BCUT2D eigenvalue weighted by molar-refractivity contribution is -0.260. The van der Waals surface area contributed by atoms with Gasteiger partial charge in [-0.1, -0.05) is 100 Å². The van der Waals surface area contributed by atoms with Gasteiger partial charge in [0.1, 0.15) is 12.6 Å². The molecule has 0 saturated carbocycles. The van der Waals surface area contributed by atoms with Gasteiger partial charge in [0, 0.05) is 13.0 Å². The van der Waals surface area contributed by atoms with Crippen LogP contribution >= 0.6 is 0 Å². The molecule has 0 radical (unpaired) electrons. The third-order valence-corrected chi connectivity index (χ3v) is 9.12. The summed E-state index contributed by atoms with van der Waals surface area (Å²) in [6, 6.07) is 19.3. The third-order valence-electron chi connectivity index (χ3n) is 9.12. The zero-order chi connectivity index (χ0) is 35.7. The molecule has 258 valence electrons. The maximum Gasteiger partial charge on any atom is 0.416 e. The first-order valence-corrected chi connectivity index (χ1v) is 15.8. The molecule has 0 spiro atoms. The van der Waals surface area contributed by atoms with Gasteiger partial charge in [-0.3, -0.25) is 14.5 Å². The Morgan fingerprint density at radius 1 is 1.04 bits per heavy atom. The van der Waals surface area contributed by atoms with E-state index in [1.165, 1.54) is 17.0 Å². The van der Waals surface area contributed by atoms with Gasteiger partial charge >= 0.3 is 18.2 Å². The number of halogens is 3. The van der Waals surface area contributed by atoms with Crippen molar-refractivity contribution in [3.63, 3.8) is 0 Å². The number of carbonyl (C=O) groups is 4. The normalized spacial score (nSPS) is 21.4. The second kappa shape index (κ2) is 13.4. The highest BCUT2D eigenvalue weighted by Crippen LogP contribution is 2.52.